The molecule has 6 heteroatoms. The average Bonchev–Trinajstić information content (AvgIpc) is 2.26. The Balaban J connectivity index is 3.28. The molecule has 1 rings (SSSR count). The quantitative estimate of drug-likeness (QED) is 0.878. The first-order chi connectivity index (χ1) is 8.31. The second-order valence-corrected chi connectivity index (χ2v) is 4.09. The lowest BCUT2D eigenvalue weighted by Crippen LogP contribution is -2.09. The Kier molecular flexibility index (Phi) is 4.45. The Morgan fingerprint density at radius 3 is 2.44 bits per heavy atom. The molecule has 18 heavy (non-hydrogen) atoms. The van der Waals surface area contributed by atoms with Crippen LogP contribution in [0.15, 0.2) is 12.1 Å². The summed E-state index contributed by atoms with van der Waals surface area (Å²) in [6, 6.07) is 1.60. The van der Waals surface area contributed by atoms with Crippen molar-refractivity contribution in [1.82, 2.24) is 0 Å². The first-order valence-corrected chi connectivity index (χ1v) is 5.49. The molecular weight excluding hydrogens is 247 g/mol. The molecule has 1 unspecified atom stereocenters. The Labute approximate surface area is 103 Å². The third kappa shape index (κ3) is 3.07. The van der Waals surface area contributed by atoms with Crippen LogP contribution in [0, 0.1) is 0 Å². The van der Waals surface area contributed by atoms with E-state index in [0.29, 0.717) is 24.6 Å². The topological polar surface area (TPSA) is 55.5 Å². The number of hydrogen-bond donors (Lipinski definition) is 2. The molecule has 0 fully saturated rings. The van der Waals surface area contributed by atoms with E-state index in [9.17, 15) is 18.3 Å². The third-order valence-corrected chi connectivity index (χ3v) is 2.76. The molecule has 0 bridgehead atoms. The number of phenols is 1. The zero-order valence-corrected chi connectivity index (χ0v) is 10.2. The van der Waals surface area contributed by atoms with Gasteiger partial charge in [-0.05, 0) is 31.0 Å². The maximum Gasteiger partial charge on any atom is 0.416 e. The maximum atomic E-state index is 12.6. The van der Waals surface area contributed by atoms with Crippen LogP contribution < -0.4 is 10.5 Å². The van der Waals surface area contributed by atoms with Gasteiger partial charge in [-0.2, -0.15) is 13.2 Å². The molecule has 1 aromatic carbocycles. The number of rotatable bonds is 4. The van der Waals surface area contributed by atoms with Gasteiger partial charge in [0.2, 0.25) is 0 Å². The van der Waals surface area contributed by atoms with Crippen LogP contribution in [0.1, 0.15) is 30.4 Å². The van der Waals surface area contributed by atoms with Gasteiger partial charge < -0.3 is 15.6 Å². The van der Waals surface area contributed by atoms with Gasteiger partial charge in [-0.25, -0.2) is 0 Å². The molecule has 0 aliphatic rings. The van der Waals surface area contributed by atoms with Crippen LogP contribution in [0.5, 0.6) is 11.5 Å². The molecule has 102 valence electrons. The molecule has 3 nitrogen and oxygen atoms in total. The fourth-order valence-corrected chi connectivity index (χ4v) is 1.83. The number of hydrogen-bond acceptors (Lipinski definition) is 3. The smallest absolute Gasteiger partial charge is 0.416 e. The van der Waals surface area contributed by atoms with Gasteiger partial charge in [0.1, 0.15) is 11.5 Å². The van der Waals surface area contributed by atoms with E-state index in [1.54, 1.807) is 6.92 Å². The van der Waals surface area contributed by atoms with E-state index in [0.717, 1.165) is 6.07 Å². The summed E-state index contributed by atoms with van der Waals surface area (Å²) in [5.41, 5.74) is 4.83. The van der Waals surface area contributed by atoms with Crippen molar-refractivity contribution in [3.63, 3.8) is 0 Å². The zero-order chi connectivity index (χ0) is 13.9. The minimum Gasteiger partial charge on any atom is -0.508 e. The molecule has 1 aromatic rings. The number of aromatic hydroxyl groups is 1. The molecule has 0 aliphatic heterocycles. The Bertz CT molecular complexity index is 419. The zero-order valence-electron chi connectivity index (χ0n) is 10.2. The number of nitrogens with two attached hydrogens (primary N) is 1. The van der Waals surface area contributed by atoms with Crippen molar-refractivity contribution in [2.45, 2.75) is 25.4 Å². The summed E-state index contributed by atoms with van der Waals surface area (Å²) >= 11 is 0. The van der Waals surface area contributed by atoms with Gasteiger partial charge in [0.25, 0.3) is 0 Å². The molecule has 0 aliphatic carbocycles. The maximum absolute atomic E-state index is 12.6. The fourth-order valence-electron chi connectivity index (χ4n) is 1.83. The predicted octanol–water partition coefficient (Wildman–Crippen LogP) is 2.87. The Morgan fingerprint density at radius 1 is 1.39 bits per heavy atom. The number of alkyl halides is 3. The van der Waals surface area contributed by atoms with Crippen LogP contribution in [0.25, 0.3) is 0 Å². The van der Waals surface area contributed by atoms with Crippen LogP contribution in [-0.4, -0.2) is 18.8 Å². The van der Waals surface area contributed by atoms with Crippen molar-refractivity contribution in [3.8, 4) is 11.5 Å². The lowest BCUT2D eigenvalue weighted by molar-refractivity contribution is -0.137. The van der Waals surface area contributed by atoms with Crippen molar-refractivity contribution in [1.29, 1.82) is 0 Å². The normalized spacial score (nSPS) is 13.4. The van der Waals surface area contributed by atoms with Crippen molar-refractivity contribution in [3.05, 3.63) is 23.3 Å². The predicted molar refractivity (Wildman–Crippen MR) is 61.7 cm³/mol. The van der Waals surface area contributed by atoms with E-state index in [1.807, 2.05) is 0 Å². The number of halogens is 3. The number of benzene rings is 1. The minimum absolute atomic E-state index is 0.0308. The molecule has 1 atom stereocenters. The highest BCUT2D eigenvalue weighted by atomic mass is 19.4. The standard InChI is InChI=1S/C12H16F3NO2/c1-7(3-4-16)11-9(17)5-8(12(13,14)15)6-10(11)18-2/h5-7,17H,3-4,16H2,1-2H3. The van der Waals surface area contributed by atoms with E-state index in [1.165, 1.54) is 7.11 Å². The van der Waals surface area contributed by atoms with E-state index < -0.39 is 17.5 Å². The highest BCUT2D eigenvalue weighted by Crippen LogP contribution is 2.41. The highest BCUT2D eigenvalue weighted by Gasteiger charge is 2.33. The van der Waals surface area contributed by atoms with Crippen LogP contribution in [0.3, 0.4) is 0 Å². The monoisotopic (exact) mass is 263 g/mol. The summed E-state index contributed by atoms with van der Waals surface area (Å²) < 4.78 is 42.7. The van der Waals surface area contributed by atoms with Crippen molar-refractivity contribution >= 4 is 0 Å². The summed E-state index contributed by atoms with van der Waals surface area (Å²) in [6.07, 6.45) is -3.96. The number of phenolic OH excluding ortho intramolecular Hbond substituents is 1. The first kappa shape index (κ1) is 14.6. The van der Waals surface area contributed by atoms with E-state index >= 15 is 0 Å². The van der Waals surface area contributed by atoms with Crippen LogP contribution in [-0.2, 0) is 6.18 Å². The molecule has 0 saturated carbocycles. The number of ether oxygens (including phenoxy) is 1. The van der Waals surface area contributed by atoms with Crippen molar-refractivity contribution in [2.24, 2.45) is 5.73 Å². The van der Waals surface area contributed by atoms with Gasteiger partial charge in [0.05, 0.1) is 12.7 Å². The molecule has 3 N–H and O–H groups in total. The molecule has 0 spiro atoms. The number of methoxy groups -OCH3 is 1. The highest BCUT2D eigenvalue weighted by molar-refractivity contribution is 5.50. The second-order valence-electron chi connectivity index (χ2n) is 4.09. The van der Waals surface area contributed by atoms with Crippen molar-refractivity contribution in [2.75, 3.05) is 13.7 Å². The van der Waals surface area contributed by atoms with E-state index in [-0.39, 0.29) is 11.7 Å². The van der Waals surface area contributed by atoms with Crippen LogP contribution in [0.4, 0.5) is 13.2 Å². The fraction of sp³-hybridized carbons (Fsp3) is 0.500. The summed E-state index contributed by atoms with van der Waals surface area (Å²) in [6.45, 7) is 2.16. The van der Waals surface area contributed by atoms with E-state index in [2.05, 4.69) is 0 Å². The van der Waals surface area contributed by atoms with Gasteiger partial charge in [0, 0.05) is 5.56 Å². The second kappa shape index (κ2) is 5.48. The molecular formula is C12H16F3NO2. The van der Waals surface area contributed by atoms with Gasteiger partial charge in [-0.3, -0.25) is 0 Å². The van der Waals surface area contributed by atoms with Crippen molar-refractivity contribution < 1.29 is 23.0 Å². The van der Waals surface area contributed by atoms with Crippen LogP contribution >= 0.6 is 0 Å². The SMILES string of the molecule is COc1cc(C(F)(F)F)cc(O)c1C(C)CCN. The third-order valence-electron chi connectivity index (χ3n) is 2.76. The van der Waals surface area contributed by atoms with Gasteiger partial charge in [-0.15, -0.1) is 0 Å². The molecule has 0 amide bonds. The Hall–Kier alpha value is -1.43. The molecule has 0 heterocycles. The largest absolute Gasteiger partial charge is 0.508 e. The lowest BCUT2D eigenvalue weighted by Gasteiger charge is -2.18. The van der Waals surface area contributed by atoms with Gasteiger partial charge in [-0.1, -0.05) is 6.92 Å². The summed E-state index contributed by atoms with van der Waals surface area (Å²) in [5, 5.41) is 9.74. The van der Waals surface area contributed by atoms with Crippen LogP contribution in [0.2, 0.25) is 0 Å². The van der Waals surface area contributed by atoms with E-state index in [4.69, 9.17) is 10.5 Å². The van der Waals surface area contributed by atoms with Gasteiger partial charge >= 0.3 is 6.18 Å². The lowest BCUT2D eigenvalue weighted by atomic mass is 9.94. The summed E-state index contributed by atoms with van der Waals surface area (Å²) in [4.78, 5) is 0. The summed E-state index contributed by atoms with van der Waals surface area (Å²) in [5.74, 6) is -0.557. The molecule has 0 aromatic heterocycles. The van der Waals surface area contributed by atoms with Gasteiger partial charge in [0.15, 0.2) is 0 Å². The Morgan fingerprint density at radius 2 is 2.00 bits per heavy atom. The summed E-state index contributed by atoms with van der Waals surface area (Å²) in [7, 11) is 1.27. The average molecular weight is 263 g/mol. The minimum atomic E-state index is -4.51. The molecule has 0 saturated heterocycles. The first-order valence-electron chi connectivity index (χ1n) is 5.49. The molecule has 0 radical (unpaired) electrons.